The van der Waals surface area contributed by atoms with Gasteiger partial charge < -0.3 is 10.1 Å². The molecule has 1 saturated carbocycles. The molecule has 1 aliphatic carbocycles. The summed E-state index contributed by atoms with van der Waals surface area (Å²) in [6.07, 6.45) is 5.54. The van der Waals surface area contributed by atoms with Crippen molar-refractivity contribution in [2.75, 3.05) is 6.61 Å². The number of hydrogen-bond acceptors (Lipinski definition) is 3. The molecule has 3 nitrogen and oxygen atoms in total. The molecule has 1 aromatic heterocycles. The Hall–Kier alpha value is -1.09. The predicted octanol–water partition coefficient (Wildman–Crippen LogP) is 2.76. The van der Waals surface area contributed by atoms with Crippen LogP contribution >= 0.6 is 0 Å². The maximum atomic E-state index is 5.71. The van der Waals surface area contributed by atoms with Crippen LogP contribution in [-0.2, 0) is 6.54 Å². The molecule has 17 heavy (non-hydrogen) atoms. The van der Waals surface area contributed by atoms with E-state index in [2.05, 4.69) is 24.1 Å². The summed E-state index contributed by atoms with van der Waals surface area (Å²) in [5, 5.41) is 3.46. The molecule has 0 bridgehead atoms. The minimum atomic E-state index is 0.688. The van der Waals surface area contributed by atoms with Gasteiger partial charge in [-0.1, -0.05) is 13.8 Å². The SMILES string of the molecule is CC(C)CCOc1ccnc(CNC2CC2)c1. The van der Waals surface area contributed by atoms with Crippen molar-refractivity contribution in [2.24, 2.45) is 5.92 Å². The highest BCUT2D eigenvalue weighted by atomic mass is 16.5. The molecule has 0 aliphatic heterocycles. The first kappa shape index (κ1) is 12.4. The van der Waals surface area contributed by atoms with E-state index in [0.717, 1.165) is 37.1 Å². The number of ether oxygens (including phenoxy) is 1. The second-order valence-corrected chi connectivity index (χ2v) is 5.17. The van der Waals surface area contributed by atoms with Crippen LogP contribution in [0.4, 0.5) is 0 Å². The zero-order chi connectivity index (χ0) is 12.1. The van der Waals surface area contributed by atoms with Gasteiger partial charge in [0, 0.05) is 24.8 Å². The fourth-order valence-corrected chi connectivity index (χ4v) is 1.59. The van der Waals surface area contributed by atoms with Crippen LogP contribution in [-0.4, -0.2) is 17.6 Å². The van der Waals surface area contributed by atoms with Crippen LogP contribution in [0.5, 0.6) is 5.75 Å². The fourth-order valence-electron chi connectivity index (χ4n) is 1.59. The summed E-state index contributed by atoms with van der Waals surface area (Å²) < 4.78 is 5.71. The van der Waals surface area contributed by atoms with Crippen LogP contribution in [0.25, 0.3) is 0 Å². The summed E-state index contributed by atoms with van der Waals surface area (Å²) in [7, 11) is 0. The lowest BCUT2D eigenvalue weighted by Gasteiger charge is -2.09. The van der Waals surface area contributed by atoms with Gasteiger partial charge in [-0.25, -0.2) is 0 Å². The lowest BCUT2D eigenvalue weighted by atomic mass is 10.1. The Morgan fingerprint density at radius 3 is 3.00 bits per heavy atom. The average Bonchev–Trinajstić information content (AvgIpc) is 3.10. The molecule has 0 saturated heterocycles. The van der Waals surface area contributed by atoms with Crippen LogP contribution in [0.15, 0.2) is 18.3 Å². The molecule has 1 heterocycles. The van der Waals surface area contributed by atoms with E-state index in [-0.39, 0.29) is 0 Å². The molecule has 0 amide bonds. The van der Waals surface area contributed by atoms with Gasteiger partial charge in [-0.05, 0) is 31.2 Å². The van der Waals surface area contributed by atoms with Gasteiger partial charge in [0.25, 0.3) is 0 Å². The highest BCUT2D eigenvalue weighted by Gasteiger charge is 2.20. The predicted molar refractivity (Wildman–Crippen MR) is 69.0 cm³/mol. The van der Waals surface area contributed by atoms with Gasteiger partial charge in [-0.3, -0.25) is 4.98 Å². The van der Waals surface area contributed by atoms with Crippen molar-refractivity contribution in [3.8, 4) is 5.75 Å². The summed E-state index contributed by atoms with van der Waals surface area (Å²) >= 11 is 0. The molecule has 0 atom stereocenters. The lowest BCUT2D eigenvalue weighted by Crippen LogP contribution is -2.16. The smallest absolute Gasteiger partial charge is 0.122 e. The summed E-state index contributed by atoms with van der Waals surface area (Å²) in [4.78, 5) is 4.34. The number of rotatable bonds is 7. The van der Waals surface area contributed by atoms with E-state index in [1.165, 1.54) is 12.8 Å². The second-order valence-electron chi connectivity index (χ2n) is 5.17. The van der Waals surface area contributed by atoms with Crippen molar-refractivity contribution in [2.45, 2.75) is 45.7 Å². The number of aromatic nitrogens is 1. The van der Waals surface area contributed by atoms with E-state index in [1.807, 2.05) is 18.3 Å². The van der Waals surface area contributed by atoms with Gasteiger partial charge in [0.15, 0.2) is 0 Å². The molecule has 94 valence electrons. The Kier molecular flexibility index (Phi) is 4.37. The van der Waals surface area contributed by atoms with Gasteiger partial charge in [0.05, 0.1) is 12.3 Å². The van der Waals surface area contributed by atoms with Gasteiger partial charge in [0.1, 0.15) is 5.75 Å². The van der Waals surface area contributed by atoms with Crippen molar-refractivity contribution >= 4 is 0 Å². The average molecular weight is 234 g/mol. The number of pyridine rings is 1. The minimum absolute atomic E-state index is 0.688. The van der Waals surface area contributed by atoms with Gasteiger partial charge in [0.2, 0.25) is 0 Å². The maximum absolute atomic E-state index is 5.71. The third-order valence-corrected chi connectivity index (χ3v) is 2.90. The van der Waals surface area contributed by atoms with Crippen molar-refractivity contribution < 1.29 is 4.74 Å². The van der Waals surface area contributed by atoms with Gasteiger partial charge in [-0.2, -0.15) is 0 Å². The van der Waals surface area contributed by atoms with Crippen LogP contribution < -0.4 is 10.1 Å². The van der Waals surface area contributed by atoms with E-state index in [4.69, 9.17) is 4.74 Å². The molecule has 0 radical (unpaired) electrons. The molecule has 0 aromatic carbocycles. The molecule has 1 aliphatic rings. The van der Waals surface area contributed by atoms with Crippen molar-refractivity contribution in [1.82, 2.24) is 10.3 Å². The first-order valence-corrected chi connectivity index (χ1v) is 6.55. The largest absolute Gasteiger partial charge is 0.493 e. The Morgan fingerprint density at radius 1 is 1.47 bits per heavy atom. The molecule has 0 spiro atoms. The zero-order valence-corrected chi connectivity index (χ0v) is 10.8. The summed E-state index contributed by atoms with van der Waals surface area (Å²) in [5.41, 5.74) is 1.07. The lowest BCUT2D eigenvalue weighted by molar-refractivity contribution is 0.289. The Morgan fingerprint density at radius 2 is 2.29 bits per heavy atom. The minimum Gasteiger partial charge on any atom is -0.493 e. The van der Waals surface area contributed by atoms with Crippen LogP contribution in [0.3, 0.4) is 0 Å². The third kappa shape index (κ3) is 4.73. The maximum Gasteiger partial charge on any atom is 0.122 e. The highest BCUT2D eigenvalue weighted by Crippen LogP contribution is 2.19. The van der Waals surface area contributed by atoms with E-state index < -0.39 is 0 Å². The number of nitrogens with one attached hydrogen (secondary N) is 1. The monoisotopic (exact) mass is 234 g/mol. The topological polar surface area (TPSA) is 34.1 Å². The van der Waals surface area contributed by atoms with Crippen molar-refractivity contribution in [3.63, 3.8) is 0 Å². The number of nitrogens with zero attached hydrogens (tertiary/aromatic N) is 1. The van der Waals surface area contributed by atoms with E-state index in [0.29, 0.717) is 5.92 Å². The zero-order valence-electron chi connectivity index (χ0n) is 10.8. The molecule has 2 rings (SSSR count). The summed E-state index contributed by atoms with van der Waals surface area (Å²) in [6, 6.07) is 4.69. The van der Waals surface area contributed by atoms with Crippen LogP contribution in [0, 0.1) is 5.92 Å². The molecular weight excluding hydrogens is 212 g/mol. The van der Waals surface area contributed by atoms with Crippen LogP contribution in [0.2, 0.25) is 0 Å². The quantitative estimate of drug-likeness (QED) is 0.787. The van der Waals surface area contributed by atoms with Crippen molar-refractivity contribution in [1.29, 1.82) is 0 Å². The Labute approximate surface area is 104 Å². The standard InChI is InChI=1S/C14H22N2O/c1-11(2)6-8-17-14-5-7-15-13(9-14)10-16-12-3-4-12/h5,7,9,11-12,16H,3-4,6,8,10H2,1-2H3. The Balaban J connectivity index is 1.78. The van der Waals surface area contributed by atoms with Gasteiger partial charge >= 0.3 is 0 Å². The molecule has 1 N–H and O–H groups in total. The summed E-state index contributed by atoms with van der Waals surface area (Å²) in [5.74, 6) is 1.63. The first-order chi connectivity index (χ1) is 8.24. The third-order valence-electron chi connectivity index (χ3n) is 2.90. The van der Waals surface area contributed by atoms with Crippen LogP contribution in [0.1, 0.15) is 38.8 Å². The molecular formula is C14H22N2O. The molecule has 1 fully saturated rings. The van der Waals surface area contributed by atoms with E-state index >= 15 is 0 Å². The Bertz CT molecular complexity index is 348. The fraction of sp³-hybridized carbons (Fsp3) is 0.643. The second kappa shape index (κ2) is 6.01. The molecule has 0 unspecified atom stereocenters. The summed E-state index contributed by atoms with van der Waals surface area (Å²) in [6.45, 7) is 6.06. The number of hydrogen-bond donors (Lipinski definition) is 1. The normalized spacial score (nSPS) is 15.2. The van der Waals surface area contributed by atoms with E-state index in [9.17, 15) is 0 Å². The highest BCUT2D eigenvalue weighted by molar-refractivity contribution is 5.22. The van der Waals surface area contributed by atoms with Gasteiger partial charge in [-0.15, -0.1) is 0 Å². The van der Waals surface area contributed by atoms with E-state index in [1.54, 1.807) is 0 Å². The molecule has 3 heteroatoms. The van der Waals surface area contributed by atoms with Crippen molar-refractivity contribution in [3.05, 3.63) is 24.0 Å². The first-order valence-electron chi connectivity index (χ1n) is 6.55. The molecule has 1 aromatic rings.